The lowest BCUT2D eigenvalue weighted by molar-refractivity contribution is -0.139. The van der Waals surface area contributed by atoms with Crippen LogP contribution in [0.4, 0.5) is 0 Å². The molecule has 2 aliphatic rings. The highest BCUT2D eigenvalue weighted by Crippen LogP contribution is 2.40. The molecule has 1 fully saturated rings. The largest absolute Gasteiger partial charge is 0.507 e. The molecule has 7 heteroatoms. The molecule has 1 atom stereocenters. The SMILES string of the molecule is CCOc1ccc(C2/C(=C(\O)c3ccc4c(c3)OCO4)C(=O)C(=O)N2C)cc1. The molecule has 144 valence electrons. The van der Waals surface area contributed by atoms with E-state index >= 15 is 0 Å². The molecule has 0 saturated carbocycles. The van der Waals surface area contributed by atoms with Crippen molar-refractivity contribution in [2.75, 3.05) is 20.4 Å². The fraction of sp³-hybridized carbons (Fsp3) is 0.238. The Labute approximate surface area is 161 Å². The van der Waals surface area contributed by atoms with Crippen LogP contribution in [0, 0.1) is 0 Å². The minimum atomic E-state index is -0.725. The Morgan fingerprint density at radius 3 is 2.57 bits per heavy atom. The molecular formula is C21H19NO6. The van der Waals surface area contributed by atoms with Gasteiger partial charge in [0.2, 0.25) is 6.79 Å². The Kier molecular flexibility index (Phi) is 4.43. The monoisotopic (exact) mass is 381 g/mol. The average Bonchev–Trinajstić information content (AvgIpc) is 3.26. The van der Waals surface area contributed by atoms with Gasteiger partial charge < -0.3 is 24.2 Å². The second kappa shape index (κ2) is 6.92. The zero-order chi connectivity index (χ0) is 19.8. The Morgan fingerprint density at radius 1 is 1.14 bits per heavy atom. The molecule has 2 aromatic carbocycles. The predicted octanol–water partition coefficient (Wildman–Crippen LogP) is 2.87. The van der Waals surface area contributed by atoms with Crippen molar-refractivity contribution in [2.45, 2.75) is 13.0 Å². The third-order valence-electron chi connectivity index (χ3n) is 4.83. The van der Waals surface area contributed by atoms with Crippen LogP contribution in [0.1, 0.15) is 24.1 Å². The van der Waals surface area contributed by atoms with Crippen LogP contribution in [-0.2, 0) is 9.59 Å². The zero-order valence-corrected chi connectivity index (χ0v) is 15.5. The van der Waals surface area contributed by atoms with Crippen LogP contribution < -0.4 is 14.2 Å². The van der Waals surface area contributed by atoms with Crippen molar-refractivity contribution >= 4 is 17.4 Å². The Hall–Kier alpha value is -3.48. The molecule has 0 bridgehead atoms. The van der Waals surface area contributed by atoms with Gasteiger partial charge in [0.25, 0.3) is 11.7 Å². The Bertz CT molecular complexity index is 979. The van der Waals surface area contributed by atoms with Gasteiger partial charge in [-0.1, -0.05) is 12.1 Å². The molecule has 2 heterocycles. The third kappa shape index (κ3) is 2.85. The van der Waals surface area contributed by atoms with Crippen molar-refractivity contribution in [3.8, 4) is 17.2 Å². The van der Waals surface area contributed by atoms with Crippen molar-refractivity contribution < 1.29 is 28.9 Å². The number of ether oxygens (including phenoxy) is 3. The zero-order valence-electron chi connectivity index (χ0n) is 15.5. The summed E-state index contributed by atoms with van der Waals surface area (Å²) < 4.78 is 16.1. The normalized spacial score (nSPS) is 19.9. The molecule has 1 saturated heterocycles. The first-order chi connectivity index (χ1) is 13.5. The summed E-state index contributed by atoms with van der Waals surface area (Å²) in [6.45, 7) is 2.53. The van der Waals surface area contributed by atoms with E-state index in [2.05, 4.69) is 0 Å². The molecule has 2 aromatic rings. The first-order valence-corrected chi connectivity index (χ1v) is 8.88. The number of Topliss-reactive ketones (excluding diaryl/α,β-unsaturated/α-hetero) is 1. The highest BCUT2D eigenvalue weighted by atomic mass is 16.7. The number of likely N-dealkylation sites (tertiary alicyclic amines) is 1. The molecule has 4 rings (SSSR count). The van der Waals surface area contributed by atoms with Crippen LogP contribution in [0.5, 0.6) is 17.2 Å². The molecule has 28 heavy (non-hydrogen) atoms. The predicted molar refractivity (Wildman–Crippen MR) is 100 cm³/mol. The number of nitrogens with zero attached hydrogens (tertiary/aromatic N) is 1. The highest BCUT2D eigenvalue weighted by Gasteiger charge is 2.44. The van der Waals surface area contributed by atoms with Crippen LogP contribution in [0.25, 0.3) is 5.76 Å². The summed E-state index contributed by atoms with van der Waals surface area (Å²) in [5, 5.41) is 10.9. The molecule has 1 N–H and O–H groups in total. The number of rotatable bonds is 4. The second-order valence-electron chi connectivity index (χ2n) is 6.48. The van der Waals surface area contributed by atoms with Gasteiger partial charge in [-0.2, -0.15) is 0 Å². The lowest BCUT2D eigenvalue weighted by Gasteiger charge is -2.21. The average molecular weight is 381 g/mol. The van der Waals surface area contributed by atoms with Gasteiger partial charge in [-0.15, -0.1) is 0 Å². The number of carbonyl (C=O) groups is 2. The minimum Gasteiger partial charge on any atom is -0.507 e. The Balaban J connectivity index is 1.78. The number of ketones is 1. The number of hydrogen-bond donors (Lipinski definition) is 1. The van der Waals surface area contributed by atoms with Crippen LogP contribution in [0.15, 0.2) is 48.0 Å². The number of hydrogen-bond acceptors (Lipinski definition) is 6. The van der Waals surface area contributed by atoms with Gasteiger partial charge in [0.1, 0.15) is 11.5 Å². The maximum absolute atomic E-state index is 12.6. The topological polar surface area (TPSA) is 85.3 Å². The van der Waals surface area contributed by atoms with Gasteiger partial charge in [-0.05, 0) is 42.8 Å². The lowest BCUT2D eigenvalue weighted by Crippen LogP contribution is -2.24. The van der Waals surface area contributed by atoms with Gasteiger partial charge in [-0.25, -0.2) is 0 Å². The van der Waals surface area contributed by atoms with E-state index in [0.29, 0.717) is 35.0 Å². The van der Waals surface area contributed by atoms with Gasteiger partial charge in [0, 0.05) is 12.6 Å². The lowest BCUT2D eigenvalue weighted by atomic mass is 9.95. The van der Waals surface area contributed by atoms with Crippen molar-refractivity contribution in [1.82, 2.24) is 4.90 Å². The van der Waals surface area contributed by atoms with Crippen molar-refractivity contribution in [3.05, 3.63) is 59.2 Å². The van der Waals surface area contributed by atoms with Gasteiger partial charge in [0.15, 0.2) is 11.5 Å². The second-order valence-corrected chi connectivity index (χ2v) is 6.48. The smallest absolute Gasteiger partial charge is 0.295 e. The van der Waals surface area contributed by atoms with E-state index < -0.39 is 17.7 Å². The molecule has 1 amide bonds. The number of aliphatic hydroxyl groups is 1. The van der Waals surface area contributed by atoms with Crippen LogP contribution in [0.3, 0.4) is 0 Å². The fourth-order valence-electron chi connectivity index (χ4n) is 3.45. The first-order valence-electron chi connectivity index (χ1n) is 8.88. The van der Waals surface area contributed by atoms with E-state index in [-0.39, 0.29) is 18.1 Å². The number of aliphatic hydroxyl groups excluding tert-OH is 1. The van der Waals surface area contributed by atoms with Gasteiger partial charge >= 0.3 is 0 Å². The number of amides is 1. The van der Waals surface area contributed by atoms with E-state index in [4.69, 9.17) is 14.2 Å². The minimum absolute atomic E-state index is 0.0375. The summed E-state index contributed by atoms with van der Waals surface area (Å²) in [4.78, 5) is 26.3. The molecule has 0 radical (unpaired) electrons. The van der Waals surface area contributed by atoms with E-state index in [9.17, 15) is 14.7 Å². The van der Waals surface area contributed by atoms with Gasteiger partial charge in [0.05, 0.1) is 18.2 Å². The number of fused-ring (bicyclic) bond motifs is 1. The number of carbonyl (C=O) groups excluding carboxylic acids is 2. The molecule has 1 unspecified atom stereocenters. The maximum atomic E-state index is 12.6. The summed E-state index contributed by atoms with van der Waals surface area (Å²) in [5.41, 5.74) is 1.12. The summed E-state index contributed by atoms with van der Waals surface area (Å²) in [6, 6.07) is 11.3. The van der Waals surface area contributed by atoms with E-state index in [1.54, 1.807) is 49.5 Å². The first kappa shape index (κ1) is 17.9. The standard InChI is InChI=1S/C21H19NO6/c1-3-26-14-7-4-12(5-8-14)18-17(20(24)21(25)22(18)2)19(23)13-6-9-15-16(10-13)28-11-27-15/h4-10,18,23H,3,11H2,1-2H3/b19-17+. The maximum Gasteiger partial charge on any atom is 0.295 e. The van der Waals surface area contributed by atoms with Crippen LogP contribution in [0.2, 0.25) is 0 Å². The Morgan fingerprint density at radius 2 is 1.86 bits per heavy atom. The fourth-order valence-corrected chi connectivity index (χ4v) is 3.45. The van der Waals surface area contributed by atoms with Crippen LogP contribution >= 0.6 is 0 Å². The molecule has 0 aromatic heterocycles. The molecule has 0 spiro atoms. The highest BCUT2D eigenvalue weighted by molar-refractivity contribution is 6.46. The quantitative estimate of drug-likeness (QED) is 0.498. The summed E-state index contributed by atoms with van der Waals surface area (Å²) in [5.74, 6) is 0.0932. The summed E-state index contributed by atoms with van der Waals surface area (Å²) in [7, 11) is 1.54. The molecule has 7 nitrogen and oxygen atoms in total. The summed E-state index contributed by atoms with van der Waals surface area (Å²) in [6.07, 6.45) is 0. The number of likely N-dealkylation sites (N-methyl/N-ethyl adjacent to an activating group) is 1. The van der Waals surface area contributed by atoms with Crippen LogP contribution in [-0.4, -0.2) is 42.1 Å². The summed E-state index contributed by atoms with van der Waals surface area (Å²) >= 11 is 0. The van der Waals surface area contributed by atoms with E-state index in [0.717, 1.165) is 0 Å². The van der Waals surface area contributed by atoms with Crippen molar-refractivity contribution in [3.63, 3.8) is 0 Å². The molecular weight excluding hydrogens is 362 g/mol. The molecule has 2 aliphatic heterocycles. The van der Waals surface area contributed by atoms with Gasteiger partial charge in [-0.3, -0.25) is 9.59 Å². The van der Waals surface area contributed by atoms with E-state index in [1.807, 2.05) is 6.92 Å². The van der Waals surface area contributed by atoms with E-state index in [1.165, 1.54) is 4.90 Å². The third-order valence-corrected chi connectivity index (χ3v) is 4.83. The van der Waals surface area contributed by atoms with Crippen molar-refractivity contribution in [2.24, 2.45) is 0 Å². The molecule has 0 aliphatic carbocycles. The number of benzene rings is 2. The van der Waals surface area contributed by atoms with Crippen molar-refractivity contribution in [1.29, 1.82) is 0 Å².